The van der Waals surface area contributed by atoms with Crippen molar-refractivity contribution in [3.8, 4) is 6.07 Å². The van der Waals surface area contributed by atoms with Crippen LogP contribution in [-0.4, -0.2) is 58.2 Å². The van der Waals surface area contributed by atoms with E-state index in [0.717, 1.165) is 16.5 Å². The van der Waals surface area contributed by atoms with Crippen molar-refractivity contribution < 1.29 is 14.4 Å². The molecule has 3 amide bonds. The Morgan fingerprint density at radius 1 is 1.12 bits per heavy atom. The Kier molecular flexibility index (Phi) is 8.34. The van der Waals surface area contributed by atoms with Crippen LogP contribution in [0.1, 0.15) is 63.5 Å². The van der Waals surface area contributed by atoms with Gasteiger partial charge in [0.05, 0.1) is 12.0 Å². The summed E-state index contributed by atoms with van der Waals surface area (Å²) in [6.07, 6.45) is 0.691. The van der Waals surface area contributed by atoms with E-state index in [1.807, 2.05) is 44.2 Å². The number of likely N-dealkylation sites (N-methyl/N-ethyl adjacent to an activating group) is 1. The molecule has 0 spiro atoms. The lowest BCUT2D eigenvalue weighted by Gasteiger charge is -2.32. The Morgan fingerprint density at radius 2 is 1.82 bits per heavy atom. The van der Waals surface area contributed by atoms with Gasteiger partial charge < -0.3 is 20.1 Å². The summed E-state index contributed by atoms with van der Waals surface area (Å²) in [4.78, 5) is 46.7. The lowest BCUT2D eigenvalue weighted by atomic mass is 9.87. The normalized spacial score (nSPS) is 18.0. The number of likely N-dealkylation sites (tertiary alicyclic amines) is 1. The highest BCUT2D eigenvalue weighted by molar-refractivity contribution is 6.00. The number of fused-ring (bicyclic) bond motifs is 1. The number of para-hydroxylation sites is 1. The molecule has 1 aliphatic rings. The van der Waals surface area contributed by atoms with Gasteiger partial charge in [0.15, 0.2) is 0 Å². The number of hydrogen-bond acceptors (Lipinski definition) is 4. The fourth-order valence-corrected chi connectivity index (χ4v) is 5.26. The van der Waals surface area contributed by atoms with Crippen LogP contribution >= 0.6 is 0 Å². The molecule has 3 aromatic rings. The zero-order chi connectivity index (χ0) is 29.2. The summed E-state index contributed by atoms with van der Waals surface area (Å²) in [6.45, 7) is 10.6. The molecule has 2 aromatic carbocycles. The molecule has 0 radical (unpaired) electrons. The van der Waals surface area contributed by atoms with E-state index in [4.69, 9.17) is 0 Å². The van der Waals surface area contributed by atoms with Crippen molar-refractivity contribution in [2.24, 2.45) is 11.8 Å². The van der Waals surface area contributed by atoms with Crippen molar-refractivity contribution in [2.75, 3.05) is 18.9 Å². The van der Waals surface area contributed by atoms with Crippen molar-refractivity contribution in [3.05, 3.63) is 65.9 Å². The molecule has 4 rings (SSSR count). The maximum absolute atomic E-state index is 13.9. The van der Waals surface area contributed by atoms with Gasteiger partial charge >= 0.3 is 0 Å². The van der Waals surface area contributed by atoms with E-state index < -0.39 is 18.0 Å². The SMILES string of the molecule is CC(C)CC(C(=O)N1CC(C(=O)Nc2ccccc2)CC1C#N)N(C)C(=O)c1cc2ccc(C(C)(C)C)cc2[nH]1. The average molecular weight is 542 g/mol. The summed E-state index contributed by atoms with van der Waals surface area (Å²) in [5, 5.41) is 13.7. The Bertz CT molecular complexity index is 1430. The molecule has 210 valence electrons. The molecule has 2 N–H and O–H groups in total. The van der Waals surface area contributed by atoms with Gasteiger partial charge in [0.1, 0.15) is 17.8 Å². The number of nitrogens with one attached hydrogen (secondary N) is 2. The van der Waals surface area contributed by atoms with Gasteiger partial charge in [-0.2, -0.15) is 5.26 Å². The summed E-state index contributed by atoms with van der Waals surface area (Å²) in [5.41, 5.74) is 3.07. The number of aromatic nitrogens is 1. The third-order valence-corrected chi connectivity index (χ3v) is 7.63. The molecule has 1 aromatic heterocycles. The van der Waals surface area contributed by atoms with Crippen molar-refractivity contribution in [1.29, 1.82) is 5.26 Å². The van der Waals surface area contributed by atoms with Crippen molar-refractivity contribution in [3.63, 3.8) is 0 Å². The maximum atomic E-state index is 13.9. The Labute approximate surface area is 236 Å². The minimum absolute atomic E-state index is 0.0298. The van der Waals surface area contributed by atoms with E-state index in [2.05, 4.69) is 49.3 Å². The third-order valence-electron chi connectivity index (χ3n) is 7.63. The highest BCUT2D eigenvalue weighted by Gasteiger charge is 2.42. The minimum Gasteiger partial charge on any atom is -0.351 e. The van der Waals surface area contributed by atoms with Gasteiger partial charge in [-0.05, 0) is 54.0 Å². The first-order valence-corrected chi connectivity index (χ1v) is 13.9. The first-order chi connectivity index (χ1) is 18.9. The van der Waals surface area contributed by atoms with Gasteiger partial charge in [0.25, 0.3) is 5.91 Å². The monoisotopic (exact) mass is 541 g/mol. The van der Waals surface area contributed by atoms with Crippen molar-refractivity contribution in [2.45, 2.75) is 65.0 Å². The number of carbonyl (C=O) groups is 3. The molecule has 8 nitrogen and oxygen atoms in total. The van der Waals surface area contributed by atoms with E-state index in [9.17, 15) is 19.6 Å². The molecule has 3 atom stereocenters. The number of rotatable bonds is 7. The van der Waals surface area contributed by atoms with E-state index in [-0.39, 0.29) is 42.0 Å². The lowest BCUT2D eigenvalue weighted by Crippen LogP contribution is -2.51. The first-order valence-electron chi connectivity index (χ1n) is 13.9. The molecule has 0 aliphatic carbocycles. The van der Waals surface area contributed by atoms with Gasteiger partial charge in [-0.15, -0.1) is 0 Å². The molecule has 3 unspecified atom stereocenters. The van der Waals surface area contributed by atoms with Gasteiger partial charge in [0, 0.05) is 30.2 Å². The predicted molar refractivity (Wildman–Crippen MR) is 157 cm³/mol. The molecule has 1 aliphatic heterocycles. The molecular weight excluding hydrogens is 502 g/mol. The molecule has 1 fully saturated rings. The number of carbonyl (C=O) groups excluding carboxylic acids is 3. The lowest BCUT2D eigenvalue weighted by molar-refractivity contribution is -0.136. The number of aromatic amines is 1. The van der Waals surface area contributed by atoms with Crippen LogP contribution < -0.4 is 5.32 Å². The Hall–Kier alpha value is -4.12. The number of H-pyrrole nitrogens is 1. The van der Waals surface area contributed by atoms with E-state index in [1.54, 1.807) is 19.2 Å². The number of nitrogens with zero attached hydrogens (tertiary/aromatic N) is 3. The second kappa shape index (κ2) is 11.5. The smallest absolute Gasteiger partial charge is 0.270 e. The number of hydrogen-bond donors (Lipinski definition) is 2. The highest BCUT2D eigenvalue weighted by Crippen LogP contribution is 2.29. The third kappa shape index (κ3) is 6.20. The minimum atomic E-state index is -0.768. The van der Waals surface area contributed by atoms with Crippen LogP contribution in [0.5, 0.6) is 0 Å². The quantitative estimate of drug-likeness (QED) is 0.421. The van der Waals surface area contributed by atoms with Crippen molar-refractivity contribution >= 4 is 34.3 Å². The van der Waals surface area contributed by atoms with Gasteiger partial charge in [-0.25, -0.2) is 0 Å². The zero-order valence-electron chi connectivity index (χ0n) is 24.2. The van der Waals surface area contributed by atoms with Gasteiger partial charge in [0.2, 0.25) is 11.8 Å². The largest absolute Gasteiger partial charge is 0.351 e. The second-order valence-corrected chi connectivity index (χ2v) is 12.2. The number of anilines is 1. The summed E-state index contributed by atoms with van der Waals surface area (Å²) in [7, 11) is 1.64. The summed E-state index contributed by atoms with van der Waals surface area (Å²) < 4.78 is 0. The van der Waals surface area contributed by atoms with E-state index in [1.165, 1.54) is 9.80 Å². The molecular formula is C32H39N5O3. The molecule has 8 heteroatoms. The standard InChI is InChI=1S/C32H39N5O3/c1-20(2)14-28(36(6)30(39)27-16-21-12-13-23(32(3,4)5)17-26(21)35-27)31(40)37-19-22(15-25(37)18-33)29(38)34-24-10-8-7-9-11-24/h7-13,16-17,20,22,25,28,35H,14-15,19H2,1-6H3,(H,34,38). The van der Waals surface area contributed by atoms with Gasteiger partial charge in [-0.3, -0.25) is 14.4 Å². The van der Waals surface area contributed by atoms with E-state index >= 15 is 0 Å². The molecule has 40 heavy (non-hydrogen) atoms. The topological polar surface area (TPSA) is 109 Å². The average Bonchev–Trinajstić information content (AvgIpc) is 3.54. The van der Waals surface area contributed by atoms with Crippen LogP contribution in [-0.2, 0) is 15.0 Å². The fourth-order valence-electron chi connectivity index (χ4n) is 5.26. The Morgan fingerprint density at radius 3 is 2.45 bits per heavy atom. The van der Waals surface area contributed by atoms with Crippen LogP contribution in [0.4, 0.5) is 5.69 Å². The molecule has 1 saturated heterocycles. The van der Waals surface area contributed by atoms with Crippen LogP contribution in [0, 0.1) is 23.2 Å². The predicted octanol–water partition coefficient (Wildman–Crippen LogP) is 5.33. The second-order valence-electron chi connectivity index (χ2n) is 12.2. The van der Waals surface area contributed by atoms with Crippen molar-refractivity contribution in [1.82, 2.24) is 14.8 Å². The summed E-state index contributed by atoms with van der Waals surface area (Å²) in [5.74, 6) is -1.21. The van der Waals surface area contributed by atoms with Crippen LogP contribution in [0.15, 0.2) is 54.6 Å². The zero-order valence-corrected chi connectivity index (χ0v) is 24.2. The van der Waals surface area contributed by atoms with Crippen LogP contribution in [0.2, 0.25) is 0 Å². The van der Waals surface area contributed by atoms with Crippen LogP contribution in [0.3, 0.4) is 0 Å². The maximum Gasteiger partial charge on any atom is 0.270 e. The molecule has 2 heterocycles. The number of benzene rings is 2. The number of amides is 3. The van der Waals surface area contributed by atoms with Crippen LogP contribution in [0.25, 0.3) is 10.9 Å². The highest BCUT2D eigenvalue weighted by atomic mass is 16.2. The fraction of sp³-hybridized carbons (Fsp3) is 0.438. The Balaban J connectivity index is 1.54. The summed E-state index contributed by atoms with van der Waals surface area (Å²) >= 11 is 0. The first kappa shape index (κ1) is 28.9. The molecule has 0 saturated carbocycles. The number of nitriles is 1. The molecule has 0 bridgehead atoms. The van der Waals surface area contributed by atoms with E-state index in [0.29, 0.717) is 17.8 Å². The van der Waals surface area contributed by atoms with Gasteiger partial charge in [-0.1, -0.05) is 65.0 Å². The summed E-state index contributed by atoms with van der Waals surface area (Å²) in [6, 6.07) is 17.8.